The standard InChI is InChI=1S/C31H20Cl2O/c32-25-15-11-23(12-16-25)27-19-29(22-9-5-2-6-10-22)30(20-28(27)21-7-3-1-4-8-21)31(34)24-13-17-26(33)18-14-24/h1-20H. The van der Waals surface area contributed by atoms with Crippen molar-refractivity contribution < 1.29 is 4.79 Å². The number of carbonyl (C=O) groups excluding carboxylic acids is 1. The lowest BCUT2D eigenvalue weighted by Crippen LogP contribution is -2.05. The Morgan fingerprint density at radius 2 is 0.912 bits per heavy atom. The van der Waals surface area contributed by atoms with E-state index >= 15 is 0 Å². The minimum atomic E-state index is -0.0460. The number of ketones is 1. The smallest absolute Gasteiger partial charge is 0.193 e. The summed E-state index contributed by atoms with van der Waals surface area (Å²) in [7, 11) is 0. The molecular formula is C31H20Cl2O. The quantitative estimate of drug-likeness (QED) is 0.230. The number of benzene rings is 5. The van der Waals surface area contributed by atoms with Crippen molar-refractivity contribution in [3.8, 4) is 33.4 Å². The number of hydrogen-bond acceptors (Lipinski definition) is 1. The molecule has 0 N–H and O–H groups in total. The number of carbonyl (C=O) groups is 1. The van der Waals surface area contributed by atoms with Crippen LogP contribution in [-0.4, -0.2) is 5.78 Å². The Kier molecular flexibility index (Phi) is 6.31. The van der Waals surface area contributed by atoms with Crippen LogP contribution in [0.25, 0.3) is 33.4 Å². The van der Waals surface area contributed by atoms with Gasteiger partial charge in [0.15, 0.2) is 5.78 Å². The molecule has 34 heavy (non-hydrogen) atoms. The highest BCUT2D eigenvalue weighted by molar-refractivity contribution is 6.31. The molecule has 3 heteroatoms. The third kappa shape index (κ3) is 4.54. The zero-order chi connectivity index (χ0) is 23.5. The summed E-state index contributed by atoms with van der Waals surface area (Å²) in [6, 6.07) is 39.1. The van der Waals surface area contributed by atoms with Crippen molar-refractivity contribution in [1.29, 1.82) is 0 Å². The van der Waals surface area contributed by atoms with Gasteiger partial charge in [0.2, 0.25) is 0 Å². The average Bonchev–Trinajstić information content (AvgIpc) is 2.89. The summed E-state index contributed by atoms with van der Waals surface area (Å²) in [5.41, 5.74) is 7.20. The van der Waals surface area contributed by atoms with Gasteiger partial charge in [-0.15, -0.1) is 0 Å². The van der Waals surface area contributed by atoms with Gasteiger partial charge in [0.1, 0.15) is 0 Å². The van der Waals surface area contributed by atoms with Crippen molar-refractivity contribution in [2.75, 3.05) is 0 Å². The third-order valence-electron chi connectivity index (χ3n) is 5.83. The topological polar surface area (TPSA) is 17.1 Å². The van der Waals surface area contributed by atoms with E-state index in [2.05, 4.69) is 18.2 Å². The maximum absolute atomic E-state index is 13.8. The van der Waals surface area contributed by atoms with E-state index in [1.54, 1.807) is 24.3 Å². The van der Waals surface area contributed by atoms with Crippen LogP contribution in [0.2, 0.25) is 10.0 Å². The van der Waals surface area contributed by atoms with E-state index < -0.39 is 0 Å². The molecule has 0 bridgehead atoms. The van der Waals surface area contributed by atoms with Gasteiger partial charge in [0.25, 0.3) is 0 Å². The zero-order valence-corrected chi connectivity index (χ0v) is 19.7. The first-order valence-corrected chi connectivity index (χ1v) is 11.7. The molecule has 0 saturated carbocycles. The minimum absolute atomic E-state index is 0.0460. The largest absolute Gasteiger partial charge is 0.289 e. The molecule has 0 fully saturated rings. The Balaban J connectivity index is 1.80. The normalized spacial score (nSPS) is 10.8. The van der Waals surface area contributed by atoms with Gasteiger partial charge in [-0.2, -0.15) is 0 Å². The van der Waals surface area contributed by atoms with Gasteiger partial charge >= 0.3 is 0 Å². The van der Waals surface area contributed by atoms with E-state index in [-0.39, 0.29) is 5.78 Å². The fourth-order valence-electron chi connectivity index (χ4n) is 4.13. The van der Waals surface area contributed by atoms with Crippen LogP contribution < -0.4 is 0 Å². The molecule has 0 spiro atoms. The molecule has 0 radical (unpaired) electrons. The third-order valence-corrected chi connectivity index (χ3v) is 6.34. The molecule has 1 nitrogen and oxygen atoms in total. The lowest BCUT2D eigenvalue weighted by Gasteiger charge is -2.17. The lowest BCUT2D eigenvalue weighted by atomic mass is 9.85. The summed E-state index contributed by atoms with van der Waals surface area (Å²) >= 11 is 12.2. The van der Waals surface area contributed by atoms with Crippen molar-refractivity contribution >= 4 is 29.0 Å². The number of hydrogen-bond donors (Lipinski definition) is 0. The van der Waals surface area contributed by atoms with Crippen molar-refractivity contribution in [3.05, 3.63) is 142 Å². The van der Waals surface area contributed by atoms with E-state index in [1.807, 2.05) is 78.9 Å². The Morgan fingerprint density at radius 1 is 0.471 bits per heavy atom. The number of halogens is 2. The molecule has 0 unspecified atom stereocenters. The van der Waals surface area contributed by atoms with Crippen LogP contribution in [0.3, 0.4) is 0 Å². The minimum Gasteiger partial charge on any atom is -0.289 e. The van der Waals surface area contributed by atoms with Crippen LogP contribution in [0.1, 0.15) is 15.9 Å². The SMILES string of the molecule is O=C(c1ccc(Cl)cc1)c1cc(-c2ccccc2)c(-c2ccc(Cl)cc2)cc1-c1ccccc1. The van der Waals surface area contributed by atoms with E-state index in [4.69, 9.17) is 23.2 Å². The average molecular weight is 479 g/mol. The predicted octanol–water partition coefficient (Wildman–Crippen LogP) is 9.23. The van der Waals surface area contributed by atoms with Crippen LogP contribution in [0.5, 0.6) is 0 Å². The molecule has 164 valence electrons. The van der Waals surface area contributed by atoms with Crippen molar-refractivity contribution in [3.63, 3.8) is 0 Å². The van der Waals surface area contributed by atoms with Crippen LogP contribution in [0.15, 0.2) is 121 Å². The summed E-state index contributed by atoms with van der Waals surface area (Å²) in [5, 5.41) is 1.28. The van der Waals surface area contributed by atoms with Crippen LogP contribution in [0, 0.1) is 0 Å². The molecule has 5 rings (SSSR count). The Bertz CT molecular complexity index is 1440. The molecule has 5 aromatic carbocycles. The van der Waals surface area contributed by atoms with E-state index in [0.29, 0.717) is 21.2 Å². The first-order valence-electron chi connectivity index (χ1n) is 11.0. The molecular weight excluding hydrogens is 459 g/mol. The second-order valence-corrected chi connectivity index (χ2v) is 8.89. The molecule has 0 saturated heterocycles. The Labute approximate surface area is 209 Å². The molecule has 0 aliphatic heterocycles. The van der Waals surface area contributed by atoms with Crippen molar-refractivity contribution in [2.45, 2.75) is 0 Å². The fraction of sp³-hybridized carbons (Fsp3) is 0. The van der Waals surface area contributed by atoms with Gasteiger partial charge in [-0.1, -0.05) is 96.0 Å². The number of rotatable bonds is 5. The highest BCUT2D eigenvalue weighted by Crippen LogP contribution is 2.39. The summed E-state index contributed by atoms with van der Waals surface area (Å²) in [6.07, 6.45) is 0. The fourth-order valence-corrected chi connectivity index (χ4v) is 4.38. The summed E-state index contributed by atoms with van der Waals surface area (Å²) in [4.78, 5) is 13.8. The van der Waals surface area contributed by atoms with Gasteiger partial charge in [-0.3, -0.25) is 4.79 Å². The van der Waals surface area contributed by atoms with Gasteiger partial charge in [0.05, 0.1) is 0 Å². The van der Waals surface area contributed by atoms with Crippen molar-refractivity contribution in [2.24, 2.45) is 0 Å². The Morgan fingerprint density at radius 3 is 1.47 bits per heavy atom. The summed E-state index contributed by atoms with van der Waals surface area (Å²) < 4.78 is 0. The predicted molar refractivity (Wildman–Crippen MR) is 143 cm³/mol. The lowest BCUT2D eigenvalue weighted by molar-refractivity contribution is 0.103. The highest BCUT2D eigenvalue weighted by atomic mass is 35.5. The molecule has 0 atom stereocenters. The Hall–Kier alpha value is -3.65. The van der Waals surface area contributed by atoms with Gasteiger partial charge < -0.3 is 0 Å². The summed E-state index contributed by atoms with van der Waals surface area (Å²) in [6.45, 7) is 0. The zero-order valence-electron chi connectivity index (χ0n) is 18.2. The summed E-state index contributed by atoms with van der Waals surface area (Å²) in [5.74, 6) is -0.0460. The van der Waals surface area contributed by atoms with Crippen LogP contribution in [0.4, 0.5) is 0 Å². The van der Waals surface area contributed by atoms with E-state index in [0.717, 1.165) is 33.4 Å². The van der Waals surface area contributed by atoms with Crippen LogP contribution >= 0.6 is 23.2 Å². The first kappa shape index (κ1) is 22.2. The van der Waals surface area contributed by atoms with E-state index in [9.17, 15) is 4.79 Å². The second kappa shape index (κ2) is 9.69. The molecule has 5 aromatic rings. The molecule has 0 amide bonds. The van der Waals surface area contributed by atoms with E-state index in [1.165, 1.54) is 0 Å². The monoisotopic (exact) mass is 478 g/mol. The highest BCUT2D eigenvalue weighted by Gasteiger charge is 2.20. The van der Waals surface area contributed by atoms with Crippen LogP contribution in [-0.2, 0) is 0 Å². The maximum atomic E-state index is 13.8. The first-order chi connectivity index (χ1) is 16.6. The van der Waals surface area contributed by atoms with Gasteiger partial charge in [-0.05, 0) is 81.9 Å². The molecule has 0 aliphatic carbocycles. The maximum Gasteiger partial charge on any atom is 0.193 e. The molecule has 0 heterocycles. The van der Waals surface area contributed by atoms with Crippen molar-refractivity contribution in [1.82, 2.24) is 0 Å². The van der Waals surface area contributed by atoms with Gasteiger partial charge in [0, 0.05) is 21.2 Å². The second-order valence-electron chi connectivity index (χ2n) is 8.02. The molecule has 0 aliphatic rings. The molecule has 0 aromatic heterocycles. The van der Waals surface area contributed by atoms with Gasteiger partial charge in [-0.25, -0.2) is 0 Å².